The molecule has 6 nitrogen and oxygen atoms in total. The van der Waals surface area contributed by atoms with E-state index in [1.165, 1.54) is 0 Å². The standard InChI is InChI=1S/C17H15ClN4O2/c1-21(10-16-20-19-15-4-2-3-7-22(15)16)17(23)14-9-11-8-12(18)5-6-13(11)24-14/h2-8,14H,9-10H2,1H3/t14-/m0/s1. The summed E-state index contributed by atoms with van der Waals surface area (Å²) in [6, 6.07) is 11.1. The van der Waals surface area contributed by atoms with Crippen molar-refractivity contribution >= 4 is 23.2 Å². The molecule has 0 saturated carbocycles. The first-order valence-corrected chi connectivity index (χ1v) is 7.98. The molecule has 3 heterocycles. The zero-order chi connectivity index (χ0) is 16.7. The highest BCUT2D eigenvalue weighted by molar-refractivity contribution is 6.30. The summed E-state index contributed by atoms with van der Waals surface area (Å²) in [5, 5.41) is 8.90. The molecular formula is C17H15ClN4O2. The smallest absolute Gasteiger partial charge is 0.264 e. The number of carbonyl (C=O) groups is 1. The topological polar surface area (TPSA) is 59.7 Å². The first-order valence-electron chi connectivity index (χ1n) is 7.60. The molecule has 0 spiro atoms. The van der Waals surface area contributed by atoms with Crippen LogP contribution in [0.25, 0.3) is 5.65 Å². The van der Waals surface area contributed by atoms with Gasteiger partial charge in [0, 0.05) is 24.7 Å². The molecule has 7 heteroatoms. The van der Waals surface area contributed by atoms with Crippen molar-refractivity contribution in [3.8, 4) is 5.75 Å². The van der Waals surface area contributed by atoms with Crippen LogP contribution in [-0.4, -0.2) is 38.6 Å². The van der Waals surface area contributed by atoms with Crippen molar-refractivity contribution in [1.82, 2.24) is 19.5 Å². The Hall–Kier alpha value is -2.60. The van der Waals surface area contributed by atoms with Gasteiger partial charge in [0.25, 0.3) is 5.91 Å². The number of aromatic nitrogens is 3. The number of amides is 1. The molecule has 0 saturated heterocycles. The van der Waals surface area contributed by atoms with Crippen LogP contribution in [0.3, 0.4) is 0 Å². The van der Waals surface area contributed by atoms with Crippen LogP contribution in [0.15, 0.2) is 42.6 Å². The Morgan fingerprint density at radius 1 is 1.38 bits per heavy atom. The van der Waals surface area contributed by atoms with Crippen LogP contribution in [0.2, 0.25) is 5.02 Å². The molecule has 1 atom stereocenters. The van der Waals surface area contributed by atoms with Gasteiger partial charge in [-0.1, -0.05) is 17.7 Å². The third kappa shape index (κ3) is 2.59. The van der Waals surface area contributed by atoms with Crippen molar-refractivity contribution < 1.29 is 9.53 Å². The number of halogens is 1. The Morgan fingerprint density at radius 3 is 3.12 bits per heavy atom. The maximum absolute atomic E-state index is 12.7. The number of carbonyl (C=O) groups excluding carboxylic acids is 1. The van der Waals surface area contributed by atoms with Gasteiger partial charge in [-0.15, -0.1) is 10.2 Å². The fourth-order valence-electron chi connectivity index (χ4n) is 2.89. The lowest BCUT2D eigenvalue weighted by Crippen LogP contribution is -2.38. The second-order valence-electron chi connectivity index (χ2n) is 5.80. The molecular weight excluding hydrogens is 328 g/mol. The molecule has 122 valence electrons. The van der Waals surface area contributed by atoms with E-state index in [0.29, 0.717) is 23.8 Å². The number of hydrogen-bond acceptors (Lipinski definition) is 4. The largest absolute Gasteiger partial charge is 0.480 e. The highest BCUT2D eigenvalue weighted by Crippen LogP contribution is 2.31. The van der Waals surface area contributed by atoms with E-state index >= 15 is 0 Å². The number of benzene rings is 1. The Balaban J connectivity index is 1.49. The molecule has 1 aliphatic rings. The third-order valence-electron chi connectivity index (χ3n) is 4.11. The first-order chi connectivity index (χ1) is 11.6. The Labute approximate surface area is 143 Å². The lowest BCUT2D eigenvalue weighted by Gasteiger charge is -2.20. The van der Waals surface area contributed by atoms with Crippen molar-refractivity contribution in [3.05, 3.63) is 59.0 Å². The normalized spacial score (nSPS) is 16.0. The molecule has 1 amide bonds. The molecule has 1 aliphatic heterocycles. The van der Waals surface area contributed by atoms with Crippen LogP contribution in [-0.2, 0) is 17.8 Å². The molecule has 24 heavy (non-hydrogen) atoms. The molecule has 2 aromatic heterocycles. The summed E-state index contributed by atoms with van der Waals surface area (Å²) in [7, 11) is 1.74. The van der Waals surface area contributed by atoms with Crippen LogP contribution < -0.4 is 4.74 Å². The number of rotatable bonds is 3. The van der Waals surface area contributed by atoms with Gasteiger partial charge in [0.05, 0.1) is 6.54 Å². The van der Waals surface area contributed by atoms with Gasteiger partial charge in [0.2, 0.25) is 0 Å². The van der Waals surface area contributed by atoms with E-state index in [9.17, 15) is 4.79 Å². The molecule has 1 aromatic carbocycles. The van der Waals surface area contributed by atoms with E-state index in [1.54, 1.807) is 24.1 Å². The van der Waals surface area contributed by atoms with E-state index < -0.39 is 6.10 Å². The third-order valence-corrected chi connectivity index (χ3v) is 4.35. The summed E-state index contributed by atoms with van der Waals surface area (Å²) in [4.78, 5) is 14.3. The average molecular weight is 343 g/mol. The van der Waals surface area contributed by atoms with E-state index in [-0.39, 0.29) is 5.91 Å². The molecule has 0 unspecified atom stereocenters. The lowest BCUT2D eigenvalue weighted by atomic mass is 10.1. The van der Waals surface area contributed by atoms with Gasteiger partial charge in [-0.05, 0) is 35.9 Å². The fourth-order valence-corrected chi connectivity index (χ4v) is 3.08. The van der Waals surface area contributed by atoms with Gasteiger partial charge in [-0.25, -0.2) is 0 Å². The predicted octanol–water partition coefficient (Wildman–Crippen LogP) is 2.34. The maximum Gasteiger partial charge on any atom is 0.264 e. The minimum Gasteiger partial charge on any atom is -0.480 e. The van der Waals surface area contributed by atoms with Gasteiger partial charge >= 0.3 is 0 Å². The number of ether oxygens (including phenoxy) is 1. The number of hydrogen-bond donors (Lipinski definition) is 0. The second-order valence-corrected chi connectivity index (χ2v) is 6.24. The summed E-state index contributed by atoms with van der Waals surface area (Å²) in [6.45, 7) is 0.362. The summed E-state index contributed by atoms with van der Waals surface area (Å²) < 4.78 is 7.63. The van der Waals surface area contributed by atoms with Crippen molar-refractivity contribution in [2.45, 2.75) is 19.1 Å². The van der Waals surface area contributed by atoms with E-state index in [4.69, 9.17) is 16.3 Å². The SMILES string of the molecule is CN(Cc1nnc2ccccn12)C(=O)[C@@H]1Cc2cc(Cl)ccc2O1. The van der Waals surface area contributed by atoms with Crippen molar-refractivity contribution in [3.63, 3.8) is 0 Å². The zero-order valence-electron chi connectivity index (χ0n) is 13.0. The monoisotopic (exact) mass is 342 g/mol. The van der Waals surface area contributed by atoms with E-state index in [2.05, 4.69) is 10.2 Å². The zero-order valence-corrected chi connectivity index (χ0v) is 13.8. The second kappa shape index (κ2) is 5.79. The van der Waals surface area contributed by atoms with Crippen molar-refractivity contribution in [1.29, 1.82) is 0 Å². The molecule has 0 fully saturated rings. The Morgan fingerprint density at radius 2 is 2.25 bits per heavy atom. The van der Waals surface area contributed by atoms with Crippen LogP contribution in [0.4, 0.5) is 0 Å². The average Bonchev–Trinajstić information content (AvgIpc) is 3.18. The predicted molar refractivity (Wildman–Crippen MR) is 89.0 cm³/mol. The Kier molecular flexibility index (Phi) is 3.61. The number of likely N-dealkylation sites (N-methyl/N-ethyl adjacent to an activating group) is 1. The fraction of sp³-hybridized carbons (Fsp3) is 0.235. The van der Waals surface area contributed by atoms with Crippen LogP contribution >= 0.6 is 11.6 Å². The summed E-state index contributed by atoms with van der Waals surface area (Å²) >= 11 is 5.99. The summed E-state index contributed by atoms with van der Waals surface area (Å²) in [6.07, 6.45) is 1.88. The number of fused-ring (bicyclic) bond motifs is 2. The van der Waals surface area contributed by atoms with Crippen LogP contribution in [0, 0.1) is 0 Å². The van der Waals surface area contributed by atoms with Gasteiger partial charge in [-0.2, -0.15) is 0 Å². The quantitative estimate of drug-likeness (QED) is 0.733. The minimum atomic E-state index is -0.525. The maximum atomic E-state index is 12.7. The summed E-state index contributed by atoms with van der Waals surface area (Å²) in [5.74, 6) is 1.34. The van der Waals surface area contributed by atoms with Gasteiger partial charge in [0.15, 0.2) is 17.6 Å². The molecule has 3 aromatic rings. The molecule has 0 bridgehead atoms. The highest BCUT2D eigenvalue weighted by atomic mass is 35.5. The molecule has 0 aliphatic carbocycles. The molecule has 0 radical (unpaired) electrons. The number of nitrogens with zero attached hydrogens (tertiary/aromatic N) is 4. The molecule has 0 N–H and O–H groups in total. The van der Waals surface area contributed by atoms with Gasteiger partial charge in [0.1, 0.15) is 5.75 Å². The van der Waals surface area contributed by atoms with Crippen LogP contribution in [0.1, 0.15) is 11.4 Å². The minimum absolute atomic E-state index is 0.0880. The Bertz CT molecular complexity index is 924. The van der Waals surface area contributed by atoms with Crippen molar-refractivity contribution in [2.24, 2.45) is 0 Å². The van der Waals surface area contributed by atoms with Gasteiger partial charge < -0.3 is 9.64 Å². The van der Waals surface area contributed by atoms with Crippen LogP contribution in [0.5, 0.6) is 5.75 Å². The first kappa shape index (κ1) is 15.0. The lowest BCUT2D eigenvalue weighted by molar-refractivity contribution is -0.137. The highest BCUT2D eigenvalue weighted by Gasteiger charge is 2.31. The van der Waals surface area contributed by atoms with E-state index in [1.807, 2.05) is 34.9 Å². The molecule has 4 rings (SSSR count). The van der Waals surface area contributed by atoms with Crippen molar-refractivity contribution in [2.75, 3.05) is 7.05 Å². The van der Waals surface area contributed by atoms with E-state index in [0.717, 1.165) is 17.0 Å². The summed E-state index contributed by atoms with van der Waals surface area (Å²) in [5.41, 5.74) is 1.72. The van der Waals surface area contributed by atoms with Gasteiger partial charge in [-0.3, -0.25) is 9.20 Å². The number of pyridine rings is 1.